The second-order valence-electron chi connectivity index (χ2n) is 5.28. The van der Waals surface area contributed by atoms with E-state index in [1.54, 1.807) is 12.1 Å². The number of aromatic nitrogens is 2. The molecule has 0 spiro atoms. The van der Waals surface area contributed by atoms with Crippen molar-refractivity contribution < 1.29 is 4.92 Å². The van der Waals surface area contributed by atoms with Gasteiger partial charge in [0.1, 0.15) is 0 Å². The molecule has 2 heterocycles. The summed E-state index contributed by atoms with van der Waals surface area (Å²) in [5, 5.41) is 14.1. The third-order valence-corrected chi connectivity index (χ3v) is 4.48. The first-order valence-corrected chi connectivity index (χ1v) is 7.85. The second kappa shape index (κ2) is 5.31. The van der Waals surface area contributed by atoms with E-state index in [0.717, 1.165) is 11.0 Å². The van der Waals surface area contributed by atoms with Gasteiger partial charge in [0.15, 0.2) is 12.1 Å². The number of anilines is 1. The fourth-order valence-corrected chi connectivity index (χ4v) is 3.16. The van der Waals surface area contributed by atoms with E-state index >= 15 is 0 Å². The molecule has 1 aromatic heterocycles. The molecule has 0 amide bonds. The maximum absolute atomic E-state index is 11.2. The van der Waals surface area contributed by atoms with E-state index in [1.807, 2.05) is 28.8 Å². The number of aliphatic imine (C=N–C) groups is 1. The van der Waals surface area contributed by atoms with Gasteiger partial charge in [0, 0.05) is 11.6 Å². The summed E-state index contributed by atoms with van der Waals surface area (Å²) in [4.78, 5) is 19.7. The van der Waals surface area contributed by atoms with Crippen LogP contribution >= 0.6 is 15.9 Å². The number of fused-ring (bicyclic) bond motifs is 3. The van der Waals surface area contributed by atoms with Gasteiger partial charge < -0.3 is 5.73 Å². The zero-order chi connectivity index (χ0) is 16.8. The predicted octanol–water partition coefficient (Wildman–Crippen LogP) is 2.99. The Morgan fingerprint density at radius 2 is 2.08 bits per heavy atom. The number of nitro groups is 1. The zero-order valence-corrected chi connectivity index (χ0v) is 13.8. The SMILES string of the molecule is NC1=N[C@H](c2ccc(Br)c([N+](=O)[O-])c2)n2c(nc3ccccc32)N1. The lowest BCUT2D eigenvalue weighted by atomic mass is 10.1. The molecule has 120 valence electrons. The predicted molar refractivity (Wildman–Crippen MR) is 93.9 cm³/mol. The number of halogens is 1. The average molecular weight is 387 g/mol. The number of nitrogens with zero attached hydrogens (tertiary/aromatic N) is 4. The highest BCUT2D eigenvalue weighted by Crippen LogP contribution is 2.35. The minimum atomic E-state index is -0.527. The molecule has 1 atom stereocenters. The molecule has 24 heavy (non-hydrogen) atoms. The highest BCUT2D eigenvalue weighted by atomic mass is 79.9. The Balaban J connectivity index is 1.94. The summed E-state index contributed by atoms with van der Waals surface area (Å²) in [6, 6.07) is 12.5. The number of para-hydroxylation sites is 2. The summed E-state index contributed by atoms with van der Waals surface area (Å²) in [6.07, 6.45) is -0.527. The summed E-state index contributed by atoms with van der Waals surface area (Å²) in [5.41, 5.74) is 8.16. The van der Waals surface area contributed by atoms with Crippen molar-refractivity contribution in [3.05, 3.63) is 62.6 Å². The van der Waals surface area contributed by atoms with Crippen LogP contribution in [-0.4, -0.2) is 20.4 Å². The Kier molecular flexibility index (Phi) is 3.24. The van der Waals surface area contributed by atoms with Gasteiger partial charge in [0.25, 0.3) is 5.69 Å². The van der Waals surface area contributed by atoms with Crippen molar-refractivity contribution in [3.8, 4) is 0 Å². The highest BCUT2D eigenvalue weighted by Gasteiger charge is 2.26. The minimum Gasteiger partial charge on any atom is -0.370 e. The lowest BCUT2D eigenvalue weighted by molar-refractivity contribution is -0.385. The van der Waals surface area contributed by atoms with Crippen molar-refractivity contribution in [2.75, 3.05) is 5.32 Å². The van der Waals surface area contributed by atoms with E-state index < -0.39 is 11.1 Å². The van der Waals surface area contributed by atoms with Gasteiger partial charge in [0.2, 0.25) is 5.95 Å². The van der Waals surface area contributed by atoms with Crippen molar-refractivity contribution in [3.63, 3.8) is 0 Å². The van der Waals surface area contributed by atoms with Crippen LogP contribution in [0, 0.1) is 10.1 Å². The van der Waals surface area contributed by atoms with Crippen LogP contribution in [0.15, 0.2) is 51.9 Å². The standard InChI is InChI=1S/C15H11BrN6O2/c16-9-6-5-8(7-12(9)22(23)24)13-19-14(17)20-15-18-10-3-1-2-4-11(10)21(13)15/h1-7,13H,(H3,17,18,19,20)/t13-/m0/s1. The number of nitrogens with one attached hydrogen (secondary N) is 1. The Bertz CT molecular complexity index is 1010. The number of nitrogens with two attached hydrogens (primary N) is 1. The maximum Gasteiger partial charge on any atom is 0.283 e. The van der Waals surface area contributed by atoms with E-state index in [1.165, 1.54) is 6.07 Å². The maximum atomic E-state index is 11.2. The van der Waals surface area contributed by atoms with E-state index in [-0.39, 0.29) is 11.6 Å². The molecule has 0 unspecified atom stereocenters. The Labute approximate surface area is 144 Å². The second-order valence-corrected chi connectivity index (χ2v) is 6.13. The number of guanidine groups is 1. The molecule has 0 bridgehead atoms. The monoisotopic (exact) mass is 386 g/mol. The normalized spacial score (nSPS) is 16.4. The molecule has 0 fully saturated rings. The summed E-state index contributed by atoms with van der Waals surface area (Å²) < 4.78 is 2.29. The van der Waals surface area contributed by atoms with Gasteiger partial charge in [-0.25, -0.2) is 9.98 Å². The Morgan fingerprint density at radius 3 is 2.88 bits per heavy atom. The quantitative estimate of drug-likeness (QED) is 0.519. The minimum absolute atomic E-state index is 0.0224. The van der Waals surface area contributed by atoms with Crippen LogP contribution in [0.3, 0.4) is 0 Å². The molecule has 2 aromatic carbocycles. The summed E-state index contributed by atoms with van der Waals surface area (Å²) in [6.45, 7) is 0. The molecule has 0 saturated carbocycles. The van der Waals surface area contributed by atoms with Crippen LogP contribution in [0.2, 0.25) is 0 Å². The first-order valence-electron chi connectivity index (χ1n) is 7.05. The molecule has 1 aliphatic heterocycles. The third kappa shape index (κ3) is 2.21. The number of benzene rings is 2. The van der Waals surface area contributed by atoms with Crippen molar-refractivity contribution in [2.45, 2.75) is 6.17 Å². The van der Waals surface area contributed by atoms with Crippen molar-refractivity contribution >= 4 is 44.6 Å². The summed E-state index contributed by atoms with van der Waals surface area (Å²) >= 11 is 3.20. The number of nitro benzene ring substituents is 1. The molecule has 0 aliphatic carbocycles. The van der Waals surface area contributed by atoms with Gasteiger partial charge in [-0.2, -0.15) is 0 Å². The van der Waals surface area contributed by atoms with Crippen LogP contribution in [0.4, 0.5) is 11.6 Å². The van der Waals surface area contributed by atoms with Gasteiger partial charge in [-0.1, -0.05) is 18.2 Å². The lowest BCUT2D eigenvalue weighted by Gasteiger charge is -2.23. The van der Waals surface area contributed by atoms with Gasteiger partial charge in [-0.05, 0) is 34.1 Å². The van der Waals surface area contributed by atoms with Crippen LogP contribution in [0.25, 0.3) is 11.0 Å². The molecule has 3 N–H and O–H groups in total. The highest BCUT2D eigenvalue weighted by molar-refractivity contribution is 9.10. The molecular weight excluding hydrogens is 376 g/mol. The molecule has 8 nitrogen and oxygen atoms in total. The molecule has 1 aliphatic rings. The van der Waals surface area contributed by atoms with Crippen molar-refractivity contribution in [1.29, 1.82) is 0 Å². The number of imidazole rings is 1. The molecule has 4 rings (SSSR count). The van der Waals surface area contributed by atoms with Crippen molar-refractivity contribution in [2.24, 2.45) is 10.7 Å². The Hall–Kier alpha value is -2.94. The Morgan fingerprint density at radius 1 is 1.29 bits per heavy atom. The van der Waals surface area contributed by atoms with E-state index in [9.17, 15) is 10.1 Å². The van der Waals surface area contributed by atoms with Crippen molar-refractivity contribution in [1.82, 2.24) is 9.55 Å². The number of hydrogen-bond donors (Lipinski definition) is 2. The fraction of sp³-hybridized carbons (Fsp3) is 0.0667. The average Bonchev–Trinajstić information content (AvgIpc) is 2.92. The summed E-state index contributed by atoms with van der Waals surface area (Å²) in [5.74, 6) is 0.771. The molecular formula is C15H11BrN6O2. The first-order chi connectivity index (χ1) is 11.5. The van der Waals surface area contributed by atoms with Crippen LogP contribution in [0.5, 0.6) is 0 Å². The van der Waals surface area contributed by atoms with Gasteiger partial charge >= 0.3 is 0 Å². The third-order valence-electron chi connectivity index (χ3n) is 3.81. The number of rotatable bonds is 2. The van der Waals surface area contributed by atoms with Crippen LogP contribution < -0.4 is 11.1 Å². The van der Waals surface area contributed by atoms with E-state index in [4.69, 9.17) is 5.73 Å². The fourth-order valence-electron chi connectivity index (χ4n) is 2.77. The largest absolute Gasteiger partial charge is 0.370 e. The lowest BCUT2D eigenvalue weighted by Crippen LogP contribution is -2.31. The van der Waals surface area contributed by atoms with Gasteiger partial charge in [-0.15, -0.1) is 0 Å². The van der Waals surface area contributed by atoms with Crippen LogP contribution in [-0.2, 0) is 0 Å². The van der Waals surface area contributed by atoms with E-state index in [2.05, 4.69) is 31.2 Å². The zero-order valence-electron chi connectivity index (χ0n) is 12.2. The summed E-state index contributed by atoms with van der Waals surface area (Å²) in [7, 11) is 0. The molecule has 0 radical (unpaired) electrons. The van der Waals surface area contributed by atoms with Crippen LogP contribution in [0.1, 0.15) is 11.7 Å². The molecule has 3 aromatic rings. The smallest absolute Gasteiger partial charge is 0.283 e. The topological polar surface area (TPSA) is 111 Å². The molecule has 0 saturated heterocycles. The van der Waals surface area contributed by atoms with Gasteiger partial charge in [-0.3, -0.25) is 20.0 Å². The first kappa shape index (κ1) is 14.6. The molecule has 9 heteroatoms. The van der Waals surface area contributed by atoms with E-state index in [0.29, 0.717) is 16.0 Å². The number of hydrogen-bond acceptors (Lipinski definition) is 6. The van der Waals surface area contributed by atoms with Gasteiger partial charge in [0.05, 0.1) is 20.4 Å².